The van der Waals surface area contributed by atoms with E-state index in [9.17, 15) is 0 Å². The van der Waals surface area contributed by atoms with E-state index in [2.05, 4.69) is 27.8 Å². The Kier molecular flexibility index (Phi) is 3.91. The first-order valence-electron chi connectivity index (χ1n) is 5.80. The average Bonchev–Trinajstić information content (AvgIpc) is 2.87. The number of thiazole rings is 1. The van der Waals surface area contributed by atoms with Gasteiger partial charge in [0.1, 0.15) is 10.8 Å². The molecule has 0 bridgehead atoms. The zero-order valence-electron chi connectivity index (χ0n) is 10.4. The first-order chi connectivity index (χ1) is 8.22. The maximum absolute atomic E-state index is 5.16. The van der Waals surface area contributed by atoms with Gasteiger partial charge < -0.3 is 9.84 Å². The van der Waals surface area contributed by atoms with E-state index in [-0.39, 0.29) is 0 Å². The summed E-state index contributed by atoms with van der Waals surface area (Å²) in [6, 6.07) is 0. The lowest BCUT2D eigenvalue weighted by molar-refractivity contribution is 0.393. The van der Waals surface area contributed by atoms with Crippen molar-refractivity contribution in [3.63, 3.8) is 0 Å². The molecule has 0 saturated carbocycles. The summed E-state index contributed by atoms with van der Waals surface area (Å²) in [6.07, 6.45) is 0.966. The van der Waals surface area contributed by atoms with Gasteiger partial charge in [-0.3, -0.25) is 0 Å². The monoisotopic (exact) mass is 251 g/mol. The molecule has 0 spiro atoms. The fourth-order valence-corrected chi connectivity index (χ4v) is 2.72. The van der Waals surface area contributed by atoms with Crippen LogP contribution >= 0.6 is 11.3 Å². The van der Waals surface area contributed by atoms with E-state index < -0.39 is 0 Å². The van der Waals surface area contributed by atoms with Gasteiger partial charge in [0.05, 0.1) is 17.0 Å². The molecule has 1 N–H and O–H groups in total. The number of nitrogens with zero attached hydrogens (tertiary/aromatic N) is 2. The third kappa shape index (κ3) is 2.73. The molecular formula is C12H17N3OS. The van der Waals surface area contributed by atoms with E-state index in [1.54, 1.807) is 11.3 Å². The molecule has 92 valence electrons. The minimum absolute atomic E-state index is 0.843. The van der Waals surface area contributed by atoms with Crippen LogP contribution in [-0.2, 0) is 6.42 Å². The standard InChI is InChI=1S/C12H17N3OS/c1-4-13-6-5-10-7-17-12(14-10)11-8(2)15-16-9(11)3/h7,13H,4-6H2,1-3H3. The topological polar surface area (TPSA) is 51.0 Å². The van der Waals surface area contributed by atoms with Crippen molar-refractivity contribution < 1.29 is 4.52 Å². The van der Waals surface area contributed by atoms with Crippen LogP contribution in [0.4, 0.5) is 0 Å². The Bertz CT molecular complexity index is 470. The van der Waals surface area contributed by atoms with Crippen molar-refractivity contribution >= 4 is 11.3 Å². The second-order valence-electron chi connectivity index (χ2n) is 3.95. The molecule has 4 nitrogen and oxygen atoms in total. The van der Waals surface area contributed by atoms with Crippen LogP contribution < -0.4 is 5.32 Å². The molecule has 0 unspecified atom stereocenters. The quantitative estimate of drug-likeness (QED) is 0.830. The van der Waals surface area contributed by atoms with Gasteiger partial charge in [0.15, 0.2) is 0 Å². The number of aryl methyl sites for hydroxylation is 2. The van der Waals surface area contributed by atoms with E-state index in [4.69, 9.17) is 4.52 Å². The number of hydrogen-bond donors (Lipinski definition) is 1. The molecule has 2 aromatic rings. The Morgan fingerprint density at radius 3 is 2.88 bits per heavy atom. The van der Waals surface area contributed by atoms with Crippen LogP contribution in [0.2, 0.25) is 0 Å². The molecule has 5 heteroatoms. The third-order valence-corrected chi connectivity index (χ3v) is 3.52. The summed E-state index contributed by atoms with van der Waals surface area (Å²) >= 11 is 1.65. The lowest BCUT2D eigenvalue weighted by Gasteiger charge is -1.97. The van der Waals surface area contributed by atoms with Crippen molar-refractivity contribution in [2.45, 2.75) is 27.2 Å². The van der Waals surface area contributed by atoms with Gasteiger partial charge in [0, 0.05) is 18.3 Å². The van der Waals surface area contributed by atoms with Gasteiger partial charge in [-0.1, -0.05) is 12.1 Å². The van der Waals surface area contributed by atoms with Crippen molar-refractivity contribution in [2.75, 3.05) is 13.1 Å². The molecule has 0 amide bonds. The minimum atomic E-state index is 0.843. The van der Waals surface area contributed by atoms with Crippen LogP contribution in [0, 0.1) is 13.8 Å². The van der Waals surface area contributed by atoms with Crippen LogP contribution in [0.25, 0.3) is 10.6 Å². The molecule has 2 rings (SSSR count). The van der Waals surface area contributed by atoms with Crippen molar-refractivity contribution in [2.24, 2.45) is 0 Å². The second kappa shape index (κ2) is 5.42. The molecule has 2 aromatic heterocycles. The molecule has 0 aromatic carbocycles. The Labute approximate surface area is 105 Å². The van der Waals surface area contributed by atoms with Gasteiger partial charge in [0.2, 0.25) is 0 Å². The third-order valence-electron chi connectivity index (χ3n) is 2.61. The maximum Gasteiger partial charge on any atom is 0.144 e. The summed E-state index contributed by atoms with van der Waals surface area (Å²) in [4.78, 5) is 4.62. The van der Waals surface area contributed by atoms with Crippen molar-refractivity contribution in [3.8, 4) is 10.6 Å². The molecule has 0 fully saturated rings. The summed E-state index contributed by atoms with van der Waals surface area (Å²) in [5.41, 5.74) is 3.09. The van der Waals surface area contributed by atoms with Gasteiger partial charge in [-0.05, 0) is 20.4 Å². The van der Waals surface area contributed by atoms with Gasteiger partial charge >= 0.3 is 0 Å². The smallest absolute Gasteiger partial charge is 0.144 e. The molecule has 0 atom stereocenters. The van der Waals surface area contributed by atoms with E-state index in [1.165, 1.54) is 0 Å². The van der Waals surface area contributed by atoms with Gasteiger partial charge in [-0.15, -0.1) is 11.3 Å². The van der Waals surface area contributed by atoms with E-state index in [0.717, 1.165) is 47.2 Å². The Morgan fingerprint density at radius 1 is 1.41 bits per heavy atom. The first-order valence-corrected chi connectivity index (χ1v) is 6.68. The summed E-state index contributed by atoms with van der Waals surface area (Å²) in [5.74, 6) is 0.843. The zero-order chi connectivity index (χ0) is 12.3. The fourth-order valence-electron chi connectivity index (χ4n) is 1.72. The summed E-state index contributed by atoms with van der Waals surface area (Å²) in [6.45, 7) is 7.96. The minimum Gasteiger partial charge on any atom is -0.361 e. The lowest BCUT2D eigenvalue weighted by atomic mass is 10.2. The molecule has 0 saturated heterocycles. The number of nitrogens with one attached hydrogen (secondary N) is 1. The highest BCUT2D eigenvalue weighted by Gasteiger charge is 2.14. The predicted molar refractivity (Wildman–Crippen MR) is 69.3 cm³/mol. The molecule has 0 radical (unpaired) electrons. The van der Waals surface area contributed by atoms with E-state index in [0.29, 0.717) is 0 Å². The summed E-state index contributed by atoms with van der Waals surface area (Å²) in [7, 11) is 0. The van der Waals surface area contributed by atoms with Crippen LogP contribution in [0.15, 0.2) is 9.90 Å². The molecule has 0 aliphatic heterocycles. The number of likely N-dealkylation sites (N-methyl/N-ethyl adjacent to an activating group) is 1. The molecule has 17 heavy (non-hydrogen) atoms. The Hall–Kier alpha value is -1.20. The maximum atomic E-state index is 5.16. The molecular weight excluding hydrogens is 234 g/mol. The van der Waals surface area contributed by atoms with Crippen molar-refractivity contribution in [3.05, 3.63) is 22.5 Å². The first kappa shape index (κ1) is 12.3. The SMILES string of the molecule is CCNCCc1csc(-c2c(C)noc2C)n1. The van der Waals surface area contributed by atoms with E-state index in [1.807, 2.05) is 13.8 Å². The molecule has 0 aliphatic rings. The van der Waals surface area contributed by atoms with Gasteiger partial charge in [0.25, 0.3) is 0 Å². The number of rotatable bonds is 5. The van der Waals surface area contributed by atoms with Crippen molar-refractivity contribution in [1.82, 2.24) is 15.5 Å². The second-order valence-corrected chi connectivity index (χ2v) is 4.80. The van der Waals surface area contributed by atoms with Crippen LogP contribution in [0.3, 0.4) is 0 Å². The van der Waals surface area contributed by atoms with Gasteiger partial charge in [-0.25, -0.2) is 4.98 Å². The predicted octanol–water partition coefficient (Wildman–Crippen LogP) is 2.57. The summed E-state index contributed by atoms with van der Waals surface area (Å²) < 4.78 is 5.16. The Morgan fingerprint density at radius 2 is 2.24 bits per heavy atom. The summed E-state index contributed by atoms with van der Waals surface area (Å²) in [5, 5.41) is 10.4. The average molecular weight is 251 g/mol. The highest BCUT2D eigenvalue weighted by atomic mass is 32.1. The van der Waals surface area contributed by atoms with Crippen molar-refractivity contribution in [1.29, 1.82) is 0 Å². The Balaban J connectivity index is 2.13. The number of aromatic nitrogens is 2. The van der Waals surface area contributed by atoms with Crippen LogP contribution in [0.1, 0.15) is 24.1 Å². The lowest BCUT2D eigenvalue weighted by Crippen LogP contribution is -2.16. The molecule has 2 heterocycles. The fraction of sp³-hybridized carbons (Fsp3) is 0.500. The number of hydrogen-bond acceptors (Lipinski definition) is 5. The van der Waals surface area contributed by atoms with Crippen LogP contribution in [0.5, 0.6) is 0 Å². The highest BCUT2D eigenvalue weighted by Crippen LogP contribution is 2.29. The molecule has 0 aliphatic carbocycles. The zero-order valence-corrected chi connectivity index (χ0v) is 11.2. The van der Waals surface area contributed by atoms with Gasteiger partial charge in [-0.2, -0.15) is 0 Å². The van der Waals surface area contributed by atoms with Crippen LogP contribution in [-0.4, -0.2) is 23.2 Å². The highest BCUT2D eigenvalue weighted by molar-refractivity contribution is 7.13. The largest absolute Gasteiger partial charge is 0.361 e. The normalized spacial score (nSPS) is 11.0. The van der Waals surface area contributed by atoms with E-state index >= 15 is 0 Å².